The number of morpholine rings is 1. The molecule has 1 atom stereocenters. The number of benzene rings is 1. The summed E-state index contributed by atoms with van der Waals surface area (Å²) in [4.78, 5) is 19.2. The summed E-state index contributed by atoms with van der Waals surface area (Å²) in [6.45, 7) is 4.39. The van der Waals surface area contributed by atoms with Crippen LogP contribution in [-0.4, -0.2) is 52.2 Å². The number of carbonyl (C=O) groups is 1. The first-order valence-corrected chi connectivity index (χ1v) is 8.38. The van der Waals surface area contributed by atoms with Gasteiger partial charge < -0.3 is 15.0 Å². The minimum Gasteiger partial charge on any atom is -0.385 e. The number of aromatic nitrogens is 3. The van der Waals surface area contributed by atoms with E-state index in [2.05, 4.69) is 20.5 Å². The predicted octanol–water partition coefficient (Wildman–Crippen LogP) is 1.68. The summed E-state index contributed by atoms with van der Waals surface area (Å²) >= 11 is 0. The van der Waals surface area contributed by atoms with Crippen molar-refractivity contribution in [3.05, 3.63) is 41.0 Å². The number of fused-ring (bicyclic) bond motifs is 1. The number of anilines is 1. The van der Waals surface area contributed by atoms with Gasteiger partial charge >= 0.3 is 0 Å². The van der Waals surface area contributed by atoms with Gasteiger partial charge in [-0.2, -0.15) is 5.10 Å². The van der Waals surface area contributed by atoms with Crippen LogP contribution in [0.5, 0.6) is 0 Å². The predicted molar refractivity (Wildman–Crippen MR) is 89.0 cm³/mol. The number of hydrogen-bond acceptors (Lipinski definition) is 5. The molecular formula is C17H21N5O2. The van der Waals surface area contributed by atoms with Gasteiger partial charge in [0.2, 0.25) is 0 Å². The number of amides is 1. The largest absolute Gasteiger partial charge is 0.385 e. The third-order valence-electron chi connectivity index (χ3n) is 4.58. The van der Waals surface area contributed by atoms with Gasteiger partial charge in [0, 0.05) is 24.3 Å². The van der Waals surface area contributed by atoms with Crippen LogP contribution in [0.4, 0.5) is 5.69 Å². The lowest BCUT2D eigenvalue weighted by Crippen LogP contribution is -2.43. The molecule has 0 spiro atoms. The van der Waals surface area contributed by atoms with E-state index in [4.69, 9.17) is 4.74 Å². The van der Waals surface area contributed by atoms with Gasteiger partial charge in [0.25, 0.3) is 5.91 Å². The van der Waals surface area contributed by atoms with Crippen LogP contribution >= 0.6 is 0 Å². The Morgan fingerprint density at radius 1 is 1.42 bits per heavy atom. The van der Waals surface area contributed by atoms with Crippen LogP contribution in [-0.2, 0) is 11.2 Å². The van der Waals surface area contributed by atoms with Crippen LogP contribution in [0.25, 0.3) is 0 Å². The fraction of sp³-hybridized carbons (Fsp3) is 0.471. The SMILES string of the molecule is Cc1nc(C2CN(C(=O)c3cccc4c3CCCN4)CCO2)n[nH]1. The van der Waals surface area contributed by atoms with Gasteiger partial charge in [-0.3, -0.25) is 9.89 Å². The van der Waals surface area contributed by atoms with Crippen LogP contribution in [0.15, 0.2) is 18.2 Å². The van der Waals surface area contributed by atoms with Crippen molar-refractivity contribution in [1.82, 2.24) is 20.1 Å². The maximum Gasteiger partial charge on any atom is 0.254 e. The first kappa shape index (κ1) is 15.1. The number of ether oxygens (including phenoxy) is 1. The van der Waals surface area contributed by atoms with E-state index < -0.39 is 0 Å². The molecule has 1 unspecified atom stereocenters. The van der Waals surface area contributed by atoms with E-state index in [1.807, 2.05) is 30.0 Å². The van der Waals surface area contributed by atoms with Gasteiger partial charge in [-0.1, -0.05) is 6.07 Å². The van der Waals surface area contributed by atoms with Crippen LogP contribution in [0.1, 0.15) is 40.1 Å². The number of aromatic amines is 1. The number of H-pyrrole nitrogens is 1. The Balaban J connectivity index is 1.56. The van der Waals surface area contributed by atoms with E-state index in [0.717, 1.165) is 42.0 Å². The molecule has 1 amide bonds. The van der Waals surface area contributed by atoms with E-state index in [0.29, 0.717) is 25.5 Å². The standard InChI is InChI=1S/C17H21N5O2/c1-11-19-16(21-20-11)15-10-22(8-9-24-15)17(23)13-4-2-6-14-12(13)5-3-7-18-14/h2,4,6,15,18H,3,5,7-10H2,1H3,(H,19,20,21). The lowest BCUT2D eigenvalue weighted by Gasteiger charge is -2.32. The van der Waals surface area contributed by atoms with Gasteiger partial charge in [-0.05, 0) is 37.5 Å². The Kier molecular flexibility index (Phi) is 3.93. The van der Waals surface area contributed by atoms with Crippen LogP contribution in [0.2, 0.25) is 0 Å². The molecule has 1 fully saturated rings. The molecule has 2 aliphatic heterocycles. The van der Waals surface area contributed by atoms with Crippen molar-refractivity contribution in [2.24, 2.45) is 0 Å². The molecular weight excluding hydrogens is 306 g/mol. The number of carbonyl (C=O) groups excluding carboxylic acids is 1. The second-order valence-electron chi connectivity index (χ2n) is 6.25. The maximum atomic E-state index is 13.0. The Labute approximate surface area is 140 Å². The van der Waals surface area contributed by atoms with Crippen LogP contribution in [0, 0.1) is 6.92 Å². The fourth-order valence-electron chi connectivity index (χ4n) is 3.37. The lowest BCUT2D eigenvalue weighted by atomic mass is 9.96. The van der Waals surface area contributed by atoms with E-state index in [1.165, 1.54) is 0 Å². The monoisotopic (exact) mass is 327 g/mol. The summed E-state index contributed by atoms with van der Waals surface area (Å²) in [5.41, 5.74) is 3.01. The summed E-state index contributed by atoms with van der Waals surface area (Å²) in [7, 11) is 0. The highest BCUT2D eigenvalue weighted by molar-refractivity contribution is 5.97. The summed E-state index contributed by atoms with van der Waals surface area (Å²) in [5, 5.41) is 10.4. The number of nitrogens with zero attached hydrogens (tertiary/aromatic N) is 3. The average molecular weight is 327 g/mol. The summed E-state index contributed by atoms with van der Waals surface area (Å²) in [5.74, 6) is 1.43. The molecule has 1 saturated heterocycles. The molecule has 2 aromatic rings. The zero-order valence-corrected chi connectivity index (χ0v) is 13.7. The average Bonchev–Trinajstić information content (AvgIpc) is 3.07. The zero-order chi connectivity index (χ0) is 16.5. The van der Waals surface area contributed by atoms with Gasteiger partial charge in [0.15, 0.2) is 5.82 Å². The molecule has 1 aromatic carbocycles. The molecule has 126 valence electrons. The minimum atomic E-state index is -0.273. The van der Waals surface area contributed by atoms with Crippen LogP contribution < -0.4 is 5.32 Å². The Bertz CT molecular complexity index is 757. The Hall–Kier alpha value is -2.41. The van der Waals surface area contributed by atoms with Gasteiger partial charge in [-0.25, -0.2) is 4.98 Å². The summed E-state index contributed by atoms with van der Waals surface area (Å²) in [6.07, 6.45) is 1.72. The van der Waals surface area contributed by atoms with Gasteiger partial charge in [-0.15, -0.1) is 0 Å². The van der Waals surface area contributed by atoms with Crippen molar-refractivity contribution >= 4 is 11.6 Å². The molecule has 2 N–H and O–H groups in total. The molecule has 0 bridgehead atoms. The number of aryl methyl sites for hydroxylation is 1. The second-order valence-corrected chi connectivity index (χ2v) is 6.25. The normalized spacial score (nSPS) is 20.4. The number of nitrogens with one attached hydrogen (secondary N) is 2. The number of rotatable bonds is 2. The Morgan fingerprint density at radius 3 is 3.17 bits per heavy atom. The molecule has 0 radical (unpaired) electrons. The smallest absolute Gasteiger partial charge is 0.254 e. The molecule has 0 saturated carbocycles. The molecule has 7 nitrogen and oxygen atoms in total. The maximum absolute atomic E-state index is 13.0. The molecule has 0 aliphatic carbocycles. The van der Waals surface area contributed by atoms with Crippen molar-refractivity contribution in [3.8, 4) is 0 Å². The zero-order valence-electron chi connectivity index (χ0n) is 13.7. The fourth-order valence-corrected chi connectivity index (χ4v) is 3.37. The highest BCUT2D eigenvalue weighted by Gasteiger charge is 2.30. The first-order chi connectivity index (χ1) is 11.7. The van der Waals surface area contributed by atoms with Crippen molar-refractivity contribution in [1.29, 1.82) is 0 Å². The van der Waals surface area contributed by atoms with Gasteiger partial charge in [0.1, 0.15) is 11.9 Å². The summed E-state index contributed by atoms with van der Waals surface area (Å²) in [6, 6.07) is 5.92. The van der Waals surface area contributed by atoms with E-state index in [9.17, 15) is 4.79 Å². The first-order valence-electron chi connectivity index (χ1n) is 8.38. The molecule has 1 aromatic heterocycles. The van der Waals surface area contributed by atoms with Crippen molar-refractivity contribution in [2.75, 3.05) is 31.6 Å². The molecule has 2 aliphatic rings. The summed E-state index contributed by atoms with van der Waals surface area (Å²) < 4.78 is 5.76. The van der Waals surface area contributed by atoms with E-state index >= 15 is 0 Å². The molecule has 3 heterocycles. The highest BCUT2D eigenvalue weighted by Crippen LogP contribution is 2.28. The van der Waals surface area contributed by atoms with Crippen molar-refractivity contribution in [2.45, 2.75) is 25.9 Å². The Morgan fingerprint density at radius 2 is 2.33 bits per heavy atom. The lowest BCUT2D eigenvalue weighted by molar-refractivity contribution is -0.0267. The molecule has 7 heteroatoms. The van der Waals surface area contributed by atoms with Gasteiger partial charge in [0.05, 0.1) is 13.2 Å². The van der Waals surface area contributed by atoms with Crippen molar-refractivity contribution < 1.29 is 9.53 Å². The highest BCUT2D eigenvalue weighted by atomic mass is 16.5. The topological polar surface area (TPSA) is 83.1 Å². The van der Waals surface area contributed by atoms with E-state index in [1.54, 1.807) is 0 Å². The number of hydrogen-bond donors (Lipinski definition) is 2. The van der Waals surface area contributed by atoms with E-state index in [-0.39, 0.29) is 12.0 Å². The molecule has 24 heavy (non-hydrogen) atoms. The second kappa shape index (κ2) is 6.24. The minimum absolute atomic E-state index is 0.0658. The third kappa shape index (κ3) is 2.75. The quantitative estimate of drug-likeness (QED) is 0.877. The third-order valence-corrected chi connectivity index (χ3v) is 4.58. The van der Waals surface area contributed by atoms with Crippen molar-refractivity contribution in [3.63, 3.8) is 0 Å². The molecule has 4 rings (SSSR count). The van der Waals surface area contributed by atoms with Crippen LogP contribution in [0.3, 0.4) is 0 Å².